The zero-order chi connectivity index (χ0) is 14.5. The van der Waals surface area contributed by atoms with Crippen LogP contribution in [0.25, 0.3) is 0 Å². The molecule has 1 atom stereocenters. The van der Waals surface area contributed by atoms with E-state index in [-0.39, 0.29) is 6.04 Å². The second-order valence-electron chi connectivity index (χ2n) is 4.41. The number of benzene rings is 1. The summed E-state index contributed by atoms with van der Waals surface area (Å²) in [5.41, 5.74) is 1.23. The molecule has 1 aromatic heterocycles. The summed E-state index contributed by atoms with van der Waals surface area (Å²) in [6, 6.07) is 8.54. The molecule has 108 valence electrons. The van der Waals surface area contributed by atoms with Crippen LogP contribution in [0.4, 0.5) is 0 Å². The Hall–Kier alpha value is -0.360. The van der Waals surface area contributed by atoms with Crippen molar-refractivity contribution in [2.24, 2.45) is 0 Å². The summed E-state index contributed by atoms with van der Waals surface area (Å²) in [5.74, 6) is 0.855. The molecule has 0 amide bonds. The Labute approximate surface area is 140 Å². The van der Waals surface area contributed by atoms with Gasteiger partial charge in [0.1, 0.15) is 5.75 Å². The fourth-order valence-corrected chi connectivity index (χ4v) is 4.29. The topological polar surface area (TPSA) is 21.3 Å². The van der Waals surface area contributed by atoms with E-state index >= 15 is 0 Å². The maximum atomic E-state index is 5.30. The van der Waals surface area contributed by atoms with Gasteiger partial charge in [-0.15, -0.1) is 11.3 Å². The summed E-state index contributed by atoms with van der Waals surface area (Å²) >= 11 is 8.96. The summed E-state index contributed by atoms with van der Waals surface area (Å²) in [5, 5.41) is 5.72. The number of ether oxygens (including phenoxy) is 1. The van der Waals surface area contributed by atoms with Crippen molar-refractivity contribution >= 4 is 43.2 Å². The number of rotatable bonds is 6. The Kier molecular flexibility index (Phi) is 6.08. The fraction of sp³-hybridized carbons (Fsp3) is 0.333. The molecule has 0 saturated heterocycles. The number of nitrogens with one attached hydrogen (secondary N) is 1. The van der Waals surface area contributed by atoms with Gasteiger partial charge in [-0.05, 0) is 74.0 Å². The molecule has 2 aromatic rings. The van der Waals surface area contributed by atoms with Crippen LogP contribution in [0.5, 0.6) is 5.75 Å². The van der Waals surface area contributed by atoms with Crippen molar-refractivity contribution in [2.75, 3.05) is 13.7 Å². The summed E-state index contributed by atoms with van der Waals surface area (Å²) < 4.78 is 7.44. The Balaban J connectivity index is 2.36. The van der Waals surface area contributed by atoms with Gasteiger partial charge < -0.3 is 10.1 Å². The predicted octanol–water partition coefficient (Wildman–Crippen LogP) is 5.37. The quantitative estimate of drug-likeness (QED) is 0.680. The van der Waals surface area contributed by atoms with Crippen LogP contribution in [-0.2, 0) is 0 Å². The molecule has 0 aliphatic heterocycles. The van der Waals surface area contributed by atoms with Gasteiger partial charge in [-0.3, -0.25) is 0 Å². The molecule has 0 fully saturated rings. The Morgan fingerprint density at radius 1 is 1.25 bits per heavy atom. The number of thiophene rings is 1. The highest BCUT2D eigenvalue weighted by Crippen LogP contribution is 2.36. The zero-order valence-corrected chi connectivity index (χ0v) is 15.4. The van der Waals surface area contributed by atoms with Crippen molar-refractivity contribution in [3.8, 4) is 5.75 Å². The van der Waals surface area contributed by atoms with E-state index in [4.69, 9.17) is 4.74 Å². The highest BCUT2D eigenvalue weighted by molar-refractivity contribution is 9.10. The SMILES string of the molecule is CCCNC(c1ccc(OC)c(Br)c1)c1sccc1Br. The van der Waals surface area contributed by atoms with Gasteiger partial charge in [0.05, 0.1) is 17.6 Å². The molecule has 0 spiro atoms. The van der Waals surface area contributed by atoms with Gasteiger partial charge in [-0.1, -0.05) is 13.0 Å². The van der Waals surface area contributed by atoms with E-state index in [0.29, 0.717) is 0 Å². The first kappa shape index (κ1) is 16.0. The van der Waals surface area contributed by atoms with Gasteiger partial charge in [-0.2, -0.15) is 0 Å². The van der Waals surface area contributed by atoms with E-state index in [1.807, 2.05) is 6.07 Å². The summed E-state index contributed by atoms with van der Waals surface area (Å²) in [4.78, 5) is 1.30. The standard InChI is InChI=1S/C15H17Br2NOS/c1-3-7-18-14(15-11(16)6-8-20-15)10-4-5-13(19-2)12(17)9-10/h4-6,8-9,14,18H,3,7H2,1-2H3. The van der Waals surface area contributed by atoms with E-state index in [0.717, 1.165) is 27.7 Å². The molecule has 1 N–H and O–H groups in total. The van der Waals surface area contributed by atoms with Gasteiger partial charge in [0.25, 0.3) is 0 Å². The van der Waals surface area contributed by atoms with Crippen molar-refractivity contribution in [1.29, 1.82) is 0 Å². The molecule has 20 heavy (non-hydrogen) atoms. The largest absolute Gasteiger partial charge is 0.496 e. The van der Waals surface area contributed by atoms with Crippen LogP contribution >= 0.6 is 43.2 Å². The van der Waals surface area contributed by atoms with E-state index in [2.05, 4.69) is 67.7 Å². The molecule has 1 heterocycles. The smallest absolute Gasteiger partial charge is 0.133 e. The van der Waals surface area contributed by atoms with Gasteiger partial charge >= 0.3 is 0 Å². The molecule has 2 nitrogen and oxygen atoms in total. The third-order valence-electron chi connectivity index (χ3n) is 3.01. The molecule has 1 unspecified atom stereocenters. The lowest BCUT2D eigenvalue weighted by Gasteiger charge is -2.19. The summed E-state index contributed by atoms with van der Waals surface area (Å²) in [7, 11) is 1.68. The molecule has 0 radical (unpaired) electrons. The van der Waals surface area contributed by atoms with Gasteiger partial charge in [-0.25, -0.2) is 0 Å². The third-order valence-corrected chi connectivity index (χ3v) is 5.57. The monoisotopic (exact) mass is 417 g/mol. The van der Waals surface area contributed by atoms with Crippen molar-refractivity contribution in [3.63, 3.8) is 0 Å². The van der Waals surface area contributed by atoms with Crippen LogP contribution in [0.1, 0.15) is 29.8 Å². The first-order chi connectivity index (χ1) is 9.67. The second kappa shape index (κ2) is 7.59. The molecule has 0 aliphatic carbocycles. The second-order valence-corrected chi connectivity index (χ2v) is 7.07. The molecule has 0 bridgehead atoms. The highest BCUT2D eigenvalue weighted by Gasteiger charge is 2.18. The minimum Gasteiger partial charge on any atom is -0.496 e. The summed E-state index contributed by atoms with van der Waals surface area (Å²) in [6.45, 7) is 3.16. The Bertz CT molecular complexity index is 571. The lowest BCUT2D eigenvalue weighted by Crippen LogP contribution is -2.22. The van der Waals surface area contributed by atoms with E-state index in [9.17, 15) is 0 Å². The zero-order valence-electron chi connectivity index (χ0n) is 11.5. The van der Waals surface area contributed by atoms with Crippen LogP contribution in [0.2, 0.25) is 0 Å². The number of methoxy groups -OCH3 is 1. The van der Waals surface area contributed by atoms with Crippen molar-refractivity contribution < 1.29 is 4.74 Å². The maximum absolute atomic E-state index is 5.30. The molecular weight excluding hydrogens is 402 g/mol. The lowest BCUT2D eigenvalue weighted by molar-refractivity contribution is 0.411. The van der Waals surface area contributed by atoms with Gasteiger partial charge in [0.15, 0.2) is 0 Å². The minimum absolute atomic E-state index is 0.200. The van der Waals surface area contributed by atoms with Crippen molar-refractivity contribution in [2.45, 2.75) is 19.4 Å². The Morgan fingerprint density at radius 3 is 2.60 bits per heavy atom. The molecule has 0 saturated carbocycles. The van der Waals surface area contributed by atoms with E-state index in [1.165, 1.54) is 10.4 Å². The molecule has 1 aromatic carbocycles. The first-order valence-electron chi connectivity index (χ1n) is 6.47. The summed E-state index contributed by atoms with van der Waals surface area (Å²) in [6.07, 6.45) is 1.11. The van der Waals surface area contributed by atoms with Gasteiger partial charge in [0, 0.05) is 9.35 Å². The van der Waals surface area contributed by atoms with E-state index < -0.39 is 0 Å². The van der Waals surface area contributed by atoms with Gasteiger partial charge in [0.2, 0.25) is 0 Å². The molecule has 0 aliphatic rings. The normalized spacial score (nSPS) is 12.4. The van der Waals surface area contributed by atoms with Crippen LogP contribution < -0.4 is 10.1 Å². The van der Waals surface area contributed by atoms with Crippen LogP contribution in [-0.4, -0.2) is 13.7 Å². The van der Waals surface area contributed by atoms with Crippen LogP contribution in [0.15, 0.2) is 38.6 Å². The van der Waals surface area contributed by atoms with E-state index in [1.54, 1.807) is 18.4 Å². The van der Waals surface area contributed by atoms with Crippen LogP contribution in [0, 0.1) is 0 Å². The highest BCUT2D eigenvalue weighted by atomic mass is 79.9. The fourth-order valence-electron chi connectivity index (χ4n) is 2.02. The third kappa shape index (κ3) is 3.64. The average molecular weight is 419 g/mol. The molecule has 2 rings (SSSR count). The van der Waals surface area contributed by atoms with Crippen LogP contribution in [0.3, 0.4) is 0 Å². The lowest BCUT2D eigenvalue weighted by atomic mass is 10.0. The van der Waals surface area contributed by atoms with Crippen molar-refractivity contribution in [3.05, 3.63) is 49.0 Å². The average Bonchev–Trinajstić information content (AvgIpc) is 2.86. The molecular formula is C15H17Br2NOS. The maximum Gasteiger partial charge on any atom is 0.133 e. The predicted molar refractivity (Wildman–Crippen MR) is 92.8 cm³/mol. The number of hydrogen-bond acceptors (Lipinski definition) is 3. The first-order valence-corrected chi connectivity index (χ1v) is 8.93. The Morgan fingerprint density at radius 2 is 2.05 bits per heavy atom. The minimum atomic E-state index is 0.200. The molecule has 5 heteroatoms. The van der Waals surface area contributed by atoms with Crippen molar-refractivity contribution in [1.82, 2.24) is 5.32 Å². The number of halogens is 2. The number of hydrogen-bond donors (Lipinski definition) is 1.